The van der Waals surface area contributed by atoms with Gasteiger partial charge in [0.2, 0.25) is 0 Å². The number of ether oxygens (including phenoxy) is 1. The van der Waals surface area contributed by atoms with Gasteiger partial charge in [-0.15, -0.1) is 10.2 Å². The van der Waals surface area contributed by atoms with Crippen LogP contribution in [0.15, 0.2) is 5.16 Å². The lowest BCUT2D eigenvalue weighted by Gasteiger charge is -2.07. The molecule has 1 heterocycles. The molecule has 0 bridgehead atoms. The molecule has 0 aliphatic carbocycles. The molecule has 6 nitrogen and oxygen atoms in total. The number of hydrogen-bond donors (Lipinski definition) is 0. The van der Waals surface area contributed by atoms with Gasteiger partial charge in [-0.1, -0.05) is 19.8 Å². The van der Waals surface area contributed by atoms with Gasteiger partial charge in [0.15, 0.2) is 0 Å². The average molecular weight is 296 g/mol. The highest BCUT2D eigenvalue weighted by Gasteiger charge is 2.21. The van der Waals surface area contributed by atoms with Crippen LogP contribution in [-0.4, -0.2) is 36.9 Å². The fourth-order valence-corrected chi connectivity index (χ4v) is 2.57. The summed E-state index contributed by atoms with van der Waals surface area (Å²) in [4.78, 5) is 0. The summed E-state index contributed by atoms with van der Waals surface area (Å²) < 4.78 is 29.2. The molecular weight excluding hydrogens is 278 g/mol. The van der Waals surface area contributed by atoms with Crippen LogP contribution in [0.5, 0.6) is 0 Å². The summed E-state index contributed by atoms with van der Waals surface area (Å²) in [5.41, 5.74) is 0. The Morgan fingerprint density at radius 3 is 2.61 bits per heavy atom. The van der Waals surface area contributed by atoms with Crippen LogP contribution in [0.1, 0.15) is 32.0 Å². The predicted octanol–water partition coefficient (Wildman–Crippen LogP) is 1.58. The molecule has 0 aromatic carbocycles. The molecule has 0 radical (unpaired) electrons. The van der Waals surface area contributed by atoms with Gasteiger partial charge in [0.25, 0.3) is 14.2 Å². The molecule has 0 fully saturated rings. The molecule has 1 aromatic rings. The Hall–Kier alpha value is -0.660. The minimum absolute atomic E-state index is 0.201. The molecule has 1 aromatic heterocycles. The van der Waals surface area contributed by atoms with Gasteiger partial charge in [-0.05, 0) is 6.42 Å². The van der Waals surface area contributed by atoms with Crippen molar-refractivity contribution in [1.29, 1.82) is 0 Å². The van der Waals surface area contributed by atoms with Crippen molar-refractivity contribution >= 4 is 19.7 Å². The summed E-state index contributed by atoms with van der Waals surface area (Å²) in [7, 11) is 3.01. The molecule has 0 atom stereocenters. The molecule has 1 rings (SSSR count). The van der Waals surface area contributed by atoms with Crippen LogP contribution >= 0.6 is 10.7 Å². The van der Waals surface area contributed by atoms with E-state index in [-0.39, 0.29) is 5.16 Å². The third-order valence-electron chi connectivity index (χ3n) is 2.53. The zero-order valence-electron chi connectivity index (χ0n) is 10.6. The smallest absolute Gasteiger partial charge is 0.296 e. The predicted molar refractivity (Wildman–Crippen MR) is 68.2 cm³/mol. The normalized spacial score (nSPS) is 11.9. The summed E-state index contributed by atoms with van der Waals surface area (Å²) in [6, 6.07) is 0. The van der Waals surface area contributed by atoms with Crippen molar-refractivity contribution in [2.24, 2.45) is 0 Å². The van der Waals surface area contributed by atoms with E-state index in [0.717, 1.165) is 19.3 Å². The first kappa shape index (κ1) is 15.4. The van der Waals surface area contributed by atoms with E-state index < -0.39 is 9.05 Å². The number of aromatic nitrogens is 3. The van der Waals surface area contributed by atoms with E-state index >= 15 is 0 Å². The van der Waals surface area contributed by atoms with E-state index in [1.54, 1.807) is 7.11 Å². The Kier molecular flexibility index (Phi) is 6.04. The second-order valence-corrected chi connectivity index (χ2v) is 6.40. The van der Waals surface area contributed by atoms with E-state index in [2.05, 4.69) is 17.1 Å². The van der Waals surface area contributed by atoms with Gasteiger partial charge in [-0.3, -0.25) is 4.57 Å². The molecule has 0 aliphatic heterocycles. The van der Waals surface area contributed by atoms with Crippen molar-refractivity contribution in [3.05, 3.63) is 5.82 Å². The van der Waals surface area contributed by atoms with Gasteiger partial charge in [-0.2, -0.15) is 0 Å². The molecule has 104 valence electrons. The molecule has 0 spiro atoms. The standard InChI is InChI=1S/C10H18ClN3O3S/c1-3-4-5-6-9-12-13-10(18(11,15)16)14(9)7-8-17-2/h3-8H2,1-2H3. The fraction of sp³-hybridized carbons (Fsp3) is 0.800. The summed E-state index contributed by atoms with van der Waals surface area (Å²) >= 11 is 0. The van der Waals surface area contributed by atoms with Crippen molar-refractivity contribution in [1.82, 2.24) is 14.8 Å². The second-order valence-electron chi connectivity index (χ2n) is 3.94. The first-order valence-electron chi connectivity index (χ1n) is 5.86. The van der Waals surface area contributed by atoms with Crippen LogP contribution in [0.4, 0.5) is 0 Å². The third kappa shape index (κ3) is 4.22. The van der Waals surface area contributed by atoms with Crippen molar-refractivity contribution < 1.29 is 13.2 Å². The largest absolute Gasteiger partial charge is 0.383 e. The zero-order valence-corrected chi connectivity index (χ0v) is 12.2. The van der Waals surface area contributed by atoms with Crippen LogP contribution in [0.3, 0.4) is 0 Å². The second kappa shape index (κ2) is 7.06. The van der Waals surface area contributed by atoms with Crippen LogP contribution in [-0.2, 0) is 26.8 Å². The fourth-order valence-electron chi connectivity index (χ4n) is 1.62. The maximum absolute atomic E-state index is 11.4. The number of aryl methyl sites for hydroxylation is 1. The number of methoxy groups -OCH3 is 1. The highest BCUT2D eigenvalue weighted by Crippen LogP contribution is 2.15. The molecule has 0 unspecified atom stereocenters. The Bertz CT molecular complexity index is 473. The molecule has 0 saturated carbocycles. The number of nitrogens with zero attached hydrogens (tertiary/aromatic N) is 3. The minimum atomic E-state index is -3.87. The lowest BCUT2D eigenvalue weighted by Crippen LogP contribution is -2.13. The molecule has 18 heavy (non-hydrogen) atoms. The Morgan fingerprint density at radius 2 is 2.06 bits per heavy atom. The van der Waals surface area contributed by atoms with E-state index in [1.165, 1.54) is 4.57 Å². The minimum Gasteiger partial charge on any atom is -0.383 e. The van der Waals surface area contributed by atoms with Crippen LogP contribution in [0, 0.1) is 0 Å². The van der Waals surface area contributed by atoms with E-state index in [1.807, 2.05) is 0 Å². The van der Waals surface area contributed by atoms with Gasteiger partial charge in [0, 0.05) is 30.8 Å². The van der Waals surface area contributed by atoms with Gasteiger partial charge < -0.3 is 4.74 Å². The highest BCUT2D eigenvalue weighted by atomic mass is 35.7. The van der Waals surface area contributed by atoms with Crippen molar-refractivity contribution in [2.75, 3.05) is 13.7 Å². The number of rotatable bonds is 8. The summed E-state index contributed by atoms with van der Waals surface area (Å²) in [6.45, 7) is 2.87. The van der Waals surface area contributed by atoms with E-state index in [0.29, 0.717) is 25.4 Å². The van der Waals surface area contributed by atoms with Crippen LogP contribution in [0.25, 0.3) is 0 Å². The Balaban J connectivity index is 2.92. The summed E-state index contributed by atoms with van der Waals surface area (Å²) in [5, 5.41) is 7.36. The topological polar surface area (TPSA) is 74.1 Å². The SMILES string of the molecule is CCCCCc1nnc(S(=O)(=O)Cl)n1CCOC. The summed E-state index contributed by atoms with van der Waals surface area (Å²) in [6.07, 6.45) is 3.80. The molecule has 8 heteroatoms. The third-order valence-corrected chi connectivity index (χ3v) is 3.69. The van der Waals surface area contributed by atoms with Crippen molar-refractivity contribution in [2.45, 2.75) is 44.3 Å². The van der Waals surface area contributed by atoms with Gasteiger partial charge in [0.1, 0.15) is 5.82 Å². The van der Waals surface area contributed by atoms with Crippen molar-refractivity contribution in [3.8, 4) is 0 Å². The van der Waals surface area contributed by atoms with E-state index in [9.17, 15) is 8.42 Å². The molecule has 0 amide bonds. The molecular formula is C10H18ClN3O3S. The molecule has 0 saturated heterocycles. The number of unbranched alkanes of at least 4 members (excludes halogenated alkanes) is 2. The number of halogens is 1. The molecule has 0 N–H and O–H groups in total. The van der Waals surface area contributed by atoms with Gasteiger partial charge >= 0.3 is 0 Å². The van der Waals surface area contributed by atoms with Crippen molar-refractivity contribution in [3.63, 3.8) is 0 Å². The maximum atomic E-state index is 11.4. The highest BCUT2D eigenvalue weighted by molar-refractivity contribution is 8.13. The van der Waals surface area contributed by atoms with E-state index in [4.69, 9.17) is 15.4 Å². The Morgan fingerprint density at radius 1 is 1.33 bits per heavy atom. The summed E-state index contributed by atoms with van der Waals surface area (Å²) in [5.74, 6) is 0.639. The van der Waals surface area contributed by atoms with Gasteiger partial charge in [-0.25, -0.2) is 8.42 Å². The monoisotopic (exact) mass is 295 g/mol. The first-order valence-corrected chi connectivity index (χ1v) is 8.17. The lowest BCUT2D eigenvalue weighted by molar-refractivity contribution is 0.183. The Labute approximate surface area is 112 Å². The van der Waals surface area contributed by atoms with Gasteiger partial charge in [0.05, 0.1) is 6.61 Å². The quantitative estimate of drug-likeness (QED) is 0.538. The lowest BCUT2D eigenvalue weighted by atomic mass is 10.2. The van der Waals surface area contributed by atoms with Crippen LogP contribution < -0.4 is 0 Å². The molecule has 0 aliphatic rings. The first-order chi connectivity index (χ1) is 8.50. The average Bonchev–Trinajstić information content (AvgIpc) is 2.69. The van der Waals surface area contributed by atoms with Crippen LogP contribution in [0.2, 0.25) is 0 Å². The number of hydrogen-bond acceptors (Lipinski definition) is 5. The maximum Gasteiger partial charge on any atom is 0.296 e. The zero-order chi connectivity index (χ0) is 13.6.